The first-order valence-electron chi connectivity index (χ1n) is 13.0. The highest BCUT2D eigenvalue weighted by Crippen LogP contribution is 2.26. The van der Waals surface area contributed by atoms with Gasteiger partial charge in [-0.3, -0.25) is 19.4 Å². The molecular formula is C29H29BrClN5O2S. The Bertz CT molecular complexity index is 1350. The second-order valence-corrected chi connectivity index (χ2v) is 11.4. The number of amides is 2. The van der Waals surface area contributed by atoms with Gasteiger partial charge in [0.15, 0.2) is 0 Å². The number of hydrogen-bond acceptors (Lipinski definition) is 5. The number of nitrogens with zero attached hydrogens (tertiary/aromatic N) is 4. The molecule has 1 fully saturated rings. The van der Waals surface area contributed by atoms with Gasteiger partial charge in [0.05, 0.1) is 12.3 Å². The fourth-order valence-electron chi connectivity index (χ4n) is 4.91. The molecule has 1 atom stereocenters. The van der Waals surface area contributed by atoms with Crippen molar-refractivity contribution >= 4 is 68.1 Å². The van der Waals surface area contributed by atoms with Gasteiger partial charge in [-0.15, -0.1) is 0 Å². The first-order chi connectivity index (χ1) is 18.9. The lowest BCUT2D eigenvalue weighted by Gasteiger charge is -2.36. The van der Waals surface area contributed by atoms with E-state index in [1.807, 2.05) is 48.6 Å². The summed E-state index contributed by atoms with van der Waals surface area (Å²) in [4.78, 5) is 36.4. The predicted octanol–water partition coefficient (Wildman–Crippen LogP) is 4.82. The molecule has 2 amide bonds. The zero-order chi connectivity index (χ0) is 27.4. The molecule has 0 aromatic heterocycles. The van der Waals surface area contributed by atoms with Crippen LogP contribution in [0.1, 0.15) is 22.3 Å². The van der Waals surface area contributed by atoms with Crippen molar-refractivity contribution in [2.24, 2.45) is 10.9 Å². The largest absolute Gasteiger partial charge is 0.369 e. The van der Waals surface area contributed by atoms with Gasteiger partial charge in [-0.05, 0) is 73.2 Å². The van der Waals surface area contributed by atoms with Gasteiger partial charge in [0.1, 0.15) is 5.92 Å². The zero-order valence-electron chi connectivity index (χ0n) is 21.4. The topological polar surface area (TPSA) is 68.2 Å². The number of hydrogen-bond donors (Lipinski definition) is 1. The van der Waals surface area contributed by atoms with Crippen LogP contribution in [0.3, 0.4) is 0 Å². The van der Waals surface area contributed by atoms with E-state index in [2.05, 4.69) is 42.1 Å². The first-order valence-corrected chi connectivity index (χ1v) is 14.5. The number of rotatable bonds is 8. The van der Waals surface area contributed by atoms with Crippen molar-refractivity contribution in [2.45, 2.75) is 13.0 Å². The third-order valence-electron chi connectivity index (χ3n) is 7.08. The second kappa shape index (κ2) is 12.6. The molecule has 0 saturated carbocycles. The lowest BCUT2D eigenvalue weighted by Crippen LogP contribution is -2.47. The number of piperazine rings is 1. The molecule has 10 heteroatoms. The van der Waals surface area contributed by atoms with Crippen LogP contribution in [0.5, 0.6) is 0 Å². The minimum atomic E-state index is -0.437. The molecule has 0 radical (unpaired) electrons. The Morgan fingerprint density at radius 1 is 1.10 bits per heavy atom. The molecule has 2 aromatic rings. The molecule has 202 valence electrons. The Hall–Kier alpha value is -2.85. The van der Waals surface area contributed by atoms with Gasteiger partial charge in [-0.1, -0.05) is 51.8 Å². The van der Waals surface area contributed by atoms with Crippen LogP contribution in [-0.2, 0) is 11.3 Å². The van der Waals surface area contributed by atoms with Crippen molar-refractivity contribution in [1.29, 1.82) is 0 Å². The van der Waals surface area contributed by atoms with E-state index in [4.69, 9.17) is 23.8 Å². The highest BCUT2D eigenvalue weighted by molar-refractivity contribution is 9.11. The quantitative estimate of drug-likeness (QED) is 0.337. The number of carbonyl (C=O) groups is 2. The number of nitrogens with one attached hydrogen (secondary N) is 1. The summed E-state index contributed by atoms with van der Waals surface area (Å²) in [5, 5.41) is 4.04. The van der Waals surface area contributed by atoms with E-state index in [9.17, 15) is 9.59 Å². The van der Waals surface area contributed by atoms with E-state index < -0.39 is 5.92 Å². The molecule has 2 aromatic carbocycles. The normalized spacial score (nSPS) is 19.5. The van der Waals surface area contributed by atoms with E-state index in [1.54, 1.807) is 12.1 Å². The van der Waals surface area contributed by atoms with E-state index in [1.165, 1.54) is 10.6 Å². The molecule has 0 bridgehead atoms. The Balaban J connectivity index is 1.05. The summed E-state index contributed by atoms with van der Waals surface area (Å²) in [6, 6.07) is 15.3. The predicted molar refractivity (Wildman–Crippen MR) is 164 cm³/mol. The summed E-state index contributed by atoms with van der Waals surface area (Å²) in [6.45, 7) is 5.78. The number of carbonyl (C=O) groups excluding carboxylic acids is 2. The van der Waals surface area contributed by atoms with Gasteiger partial charge in [-0.25, -0.2) is 4.99 Å². The molecule has 5 rings (SSSR count). The highest BCUT2D eigenvalue weighted by Gasteiger charge is 2.34. The van der Waals surface area contributed by atoms with Gasteiger partial charge < -0.3 is 10.2 Å². The maximum absolute atomic E-state index is 13.0. The molecule has 1 saturated heterocycles. The van der Waals surface area contributed by atoms with E-state index in [-0.39, 0.29) is 16.9 Å². The summed E-state index contributed by atoms with van der Waals surface area (Å²) in [5.74, 6) is -0.637. The SMILES string of the molecule is O=C(NCCCN1CCN(c2cccc(Cl)c2)CC1)c1ccc(CN2C(=O)C3C=C(Br)C=CC3=NC2=S)cc1. The molecule has 1 aliphatic carbocycles. The van der Waals surface area contributed by atoms with Crippen LogP contribution < -0.4 is 10.2 Å². The van der Waals surface area contributed by atoms with Crippen LogP contribution in [0.2, 0.25) is 5.02 Å². The summed E-state index contributed by atoms with van der Waals surface area (Å²) < 4.78 is 0.847. The van der Waals surface area contributed by atoms with Crippen LogP contribution in [0.25, 0.3) is 0 Å². The van der Waals surface area contributed by atoms with E-state index in [0.29, 0.717) is 24.4 Å². The molecule has 2 aliphatic heterocycles. The van der Waals surface area contributed by atoms with Crippen LogP contribution in [0.15, 0.2) is 76.2 Å². The van der Waals surface area contributed by atoms with Crippen LogP contribution in [-0.4, -0.2) is 71.7 Å². The van der Waals surface area contributed by atoms with Gasteiger partial charge >= 0.3 is 0 Å². The van der Waals surface area contributed by atoms with Gasteiger partial charge in [0.2, 0.25) is 11.0 Å². The number of fused-ring (bicyclic) bond motifs is 1. The molecule has 0 spiro atoms. The number of anilines is 1. The van der Waals surface area contributed by atoms with Crippen molar-refractivity contribution in [3.63, 3.8) is 0 Å². The standard InChI is InChI=1S/C29H29BrClN5O2S/c30-22-9-10-26-25(17-22)28(38)36(29(39)33-26)19-20-5-7-21(8-6-20)27(37)32-11-2-12-34-13-15-35(16-14-34)24-4-1-3-23(31)18-24/h1,3-10,17-18,25H,2,11-16,19H2,(H,32,37). The van der Waals surface area contributed by atoms with Crippen LogP contribution in [0.4, 0.5) is 5.69 Å². The highest BCUT2D eigenvalue weighted by atomic mass is 79.9. The van der Waals surface area contributed by atoms with Crippen LogP contribution in [0, 0.1) is 5.92 Å². The van der Waals surface area contributed by atoms with E-state index in [0.717, 1.165) is 54.2 Å². The average Bonchev–Trinajstić information content (AvgIpc) is 2.94. The number of aliphatic imine (C=N–C) groups is 1. The molecule has 2 heterocycles. The fraction of sp³-hybridized carbons (Fsp3) is 0.310. The molecule has 1 N–H and O–H groups in total. The molecule has 7 nitrogen and oxygen atoms in total. The van der Waals surface area contributed by atoms with Crippen molar-refractivity contribution in [3.8, 4) is 0 Å². The number of halogens is 2. The Morgan fingerprint density at radius 2 is 1.87 bits per heavy atom. The third kappa shape index (κ3) is 6.84. The third-order valence-corrected chi connectivity index (χ3v) is 8.16. The number of benzene rings is 2. The van der Waals surface area contributed by atoms with Crippen molar-refractivity contribution in [3.05, 3.63) is 87.4 Å². The molecule has 39 heavy (non-hydrogen) atoms. The van der Waals surface area contributed by atoms with Crippen molar-refractivity contribution in [2.75, 3.05) is 44.2 Å². The van der Waals surface area contributed by atoms with Gasteiger partial charge in [0.25, 0.3) is 5.91 Å². The second-order valence-electron chi connectivity index (χ2n) is 9.72. The number of allylic oxidation sites excluding steroid dienone is 3. The molecule has 3 aliphatic rings. The zero-order valence-corrected chi connectivity index (χ0v) is 24.5. The Kier molecular flexibility index (Phi) is 8.92. The lowest BCUT2D eigenvalue weighted by atomic mass is 9.95. The first kappa shape index (κ1) is 27.7. The van der Waals surface area contributed by atoms with Crippen LogP contribution >= 0.6 is 39.7 Å². The summed E-state index contributed by atoms with van der Waals surface area (Å²) in [5.41, 5.74) is 3.30. The van der Waals surface area contributed by atoms with Crippen molar-refractivity contribution in [1.82, 2.24) is 15.1 Å². The smallest absolute Gasteiger partial charge is 0.251 e. The summed E-state index contributed by atoms with van der Waals surface area (Å²) in [6.07, 6.45) is 6.39. The Labute approximate surface area is 247 Å². The Morgan fingerprint density at radius 3 is 2.62 bits per heavy atom. The minimum Gasteiger partial charge on any atom is -0.369 e. The van der Waals surface area contributed by atoms with E-state index >= 15 is 0 Å². The molecule has 1 unspecified atom stereocenters. The van der Waals surface area contributed by atoms with Crippen molar-refractivity contribution < 1.29 is 9.59 Å². The number of thiocarbonyl (C=S) groups is 1. The summed E-state index contributed by atoms with van der Waals surface area (Å²) >= 11 is 14.9. The maximum Gasteiger partial charge on any atom is 0.251 e. The monoisotopic (exact) mass is 625 g/mol. The minimum absolute atomic E-state index is 0.0982. The molecular weight excluding hydrogens is 598 g/mol. The van der Waals surface area contributed by atoms with Gasteiger partial charge in [0, 0.05) is 53.5 Å². The van der Waals surface area contributed by atoms with Gasteiger partial charge in [-0.2, -0.15) is 0 Å². The average molecular weight is 627 g/mol. The lowest BCUT2D eigenvalue weighted by molar-refractivity contribution is -0.128. The maximum atomic E-state index is 13.0. The fourth-order valence-corrected chi connectivity index (χ4v) is 5.75. The summed E-state index contributed by atoms with van der Waals surface area (Å²) in [7, 11) is 0.